The Morgan fingerprint density at radius 1 is 0.957 bits per heavy atom. The number of aliphatic hydroxyl groups is 1. The summed E-state index contributed by atoms with van der Waals surface area (Å²) >= 11 is 0. The molecule has 0 aromatic heterocycles. The van der Waals surface area contributed by atoms with E-state index in [4.69, 9.17) is 0 Å². The highest BCUT2D eigenvalue weighted by molar-refractivity contribution is 5.90. The molecule has 0 unspecified atom stereocenters. The quantitative estimate of drug-likeness (QED) is 0.539. The van der Waals surface area contributed by atoms with Crippen LogP contribution in [0.25, 0.3) is 27.4 Å². The van der Waals surface area contributed by atoms with Crippen LogP contribution in [0.4, 0.5) is 0 Å². The molecule has 0 atom stereocenters. The van der Waals surface area contributed by atoms with E-state index in [-0.39, 0.29) is 16.4 Å². The van der Waals surface area contributed by atoms with Crippen LogP contribution in [0.1, 0.15) is 12.5 Å². The maximum absolute atomic E-state index is 12.8. The van der Waals surface area contributed by atoms with Gasteiger partial charge < -0.3 is 5.11 Å². The first kappa shape index (κ1) is 13.6. The van der Waals surface area contributed by atoms with Gasteiger partial charge >= 0.3 is 0 Å². The largest absolute Gasteiger partial charge is 0.512 e. The summed E-state index contributed by atoms with van der Waals surface area (Å²) in [5.74, 6) is -0.0870. The minimum atomic E-state index is -0.475. The molecule has 0 fully saturated rings. The predicted molar refractivity (Wildman–Crippen MR) is 89.9 cm³/mol. The molecule has 0 radical (unpaired) electrons. The minimum Gasteiger partial charge on any atom is -0.512 e. The Balaban J connectivity index is 2.71. The fraction of sp³-hybridized carbons (Fsp3) is 0.105. The van der Waals surface area contributed by atoms with Crippen molar-refractivity contribution in [3.63, 3.8) is 0 Å². The molecule has 4 heteroatoms. The lowest BCUT2D eigenvalue weighted by Gasteiger charge is -2.08. The van der Waals surface area contributed by atoms with Crippen molar-refractivity contribution in [1.82, 2.24) is 4.98 Å². The van der Waals surface area contributed by atoms with Crippen LogP contribution in [0.3, 0.4) is 0 Å². The third kappa shape index (κ3) is 1.69. The predicted octanol–water partition coefficient (Wildman–Crippen LogP) is 1.98. The van der Waals surface area contributed by atoms with Crippen LogP contribution >= 0.6 is 0 Å². The van der Waals surface area contributed by atoms with Gasteiger partial charge in [0.2, 0.25) is 0 Å². The van der Waals surface area contributed by atoms with Crippen molar-refractivity contribution in [2.45, 2.75) is 13.8 Å². The van der Waals surface area contributed by atoms with Gasteiger partial charge in [-0.1, -0.05) is 30.3 Å². The Morgan fingerprint density at radius 2 is 1.65 bits per heavy atom. The van der Waals surface area contributed by atoms with Gasteiger partial charge in [0.05, 0.1) is 10.7 Å². The monoisotopic (exact) mass is 303 g/mol. The Bertz CT molecular complexity index is 1320. The summed E-state index contributed by atoms with van der Waals surface area (Å²) in [6.07, 6.45) is 0. The maximum Gasteiger partial charge on any atom is 0.281 e. The highest BCUT2D eigenvalue weighted by Gasteiger charge is 2.14. The van der Waals surface area contributed by atoms with Crippen LogP contribution in [-0.4, -0.2) is 10.1 Å². The molecule has 0 bridgehead atoms. The fourth-order valence-electron chi connectivity index (χ4n) is 3.32. The van der Waals surface area contributed by atoms with E-state index in [1.165, 1.54) is 6.92 Å². The minimum absolute atomic E-state index is 0.0832. The number of aryl methyl sites for hydroxylation is 1. The van der Waals surface area contributed by atoms with E-state index < -0.39 is 5.56 Å². The summed E-state index contributed by atoms with van der Waals surface area (Å²) in [6.45, 7) is 3.32. The summed E-state index contributed by atoms with van der Waals surface area (Å²) < 4.78 is 0. The molecule has 2 aliphatic rings. The first-order valence-electron chi connectivity index (χ1n) is 7.32. The normalized spacial score (nSPS) is 13.1. The molecular weight excluding hydrogens is 290 g/mol. The van der Waals surface area contributed by atoms with Crippen LogP contribution < -0.4 is 16.2 Å². The zero-order valence-corrected chi connectivity index (χ0v) is 12.7. The molecule has 112 valence electrons. The van der Waals surface area contributed by atoms with Gasteiger partial charge in [-0.3, -0.25) is 9.59 Å². The molecule has 1 N–H and O–H groups in total. The Kier molecular flexibility index (Phi) is 2.66. The van der Waals surface area contributed by atoms with Gasteiger partial charge in [0.25, 0.3) is 5.56 Å². The van der Waals surface area contributed by atoms with Gasteiger partial charge in [-0.05, 0) is 30.9 Å². The van der Waals surface area contributed by atoms with Crippen molar-refractivity contribution in [1.29, 1.82) is 0 Å². The number of hydrogen-bond acceptors (Lipinski definition) is 4. The van der Waals surface area contributed by atoms with E-state index in [9.17, 15) is 14.7 Å². The molecule has 0 spiro atoms. The third-order valence-electron chi connectivity index (χ3n) is 4.35. The average molecular weight is 303 g/mol. The summed E-state index contributed by atoms with van der Waals surface area (Å²) in [7, 11) is 0. The molecule has 1 heterocycles. The number of aromatic nitrogens is 1. The molecule has 4 nitrogen and oxygen atoms in total. The molecule has 4 rings (SSSR count). The van der Waals surface area contributed by atoms with Crippen LogP contribution in [0.5, 0.6) is 0 Å². The Hall–Kier alpha value is -3.01. The van der Waals surface area contributed by atoms with E-state index in [0.717, 1.165) is 5.56 Å². The molecule has 23 heavy (non-hydrogen) atoms. The van der Waals surface area contributed by atoms with E-state index in [2.05, 4.69) is 4.98 Å². The first-order chi connectivity index (χ1) is 11.0. The molecule has 2 aromatic rings. The van der Waals surface area contributed by atoms with Crippen LogP contribution in [0.2, 0.25) is 0 Å². The summed E-state index contributed by atoms with van der Waals surface area (Å²) in [5.41, 5.74) is 0.795. The van der Waals surface area contributed by atoms with Crippen LogP contribution in [-0.2, 0) is 0 Å². The molecule has 0 saturated carbocycles. The zero-order valence-electron chi connectivity index (χ0n) is 12.7. The second kappa shape index (κ2) is 4.49. The third-order valence-corrected chi connectivity index (χ3v) is 4.35. The average Bonchev–Trinajstić information content (AvgIpc) is 2.53. The molecule has 1 aliphatic carbocycles. The lowest BCUT2D eigenvalue weighted by Crippen LogP contribution is -2.32. The smallest absolute Gasteiger partial charge is 0.281 e. The Labute approximate surface area is 130 Å². The standard InChI is InChI=1S/C19H13NO3/c1-9-7-8-13-16-15(11-5-3-4-6-12(11)18(13)22)14(10(2)21)19(23)20-17(9)16/h3-8,21H,1-2H3/b14-10+. The van der Waals surface area contributed by atoms with Gasteiger partial charge in [0.1, 0.15) is 5.76 Å². The molecule has 0 saturated heterocycles. The van der Waals surface area contributed by atoms with Gasteiger partial charge in [0.15, 0.2) is 5.43 Å². The maximum atomic E-state index is 12.8. The van der Waals surface area contributed by atoms with E-state index in [1.807, 2.05) is 13.0 Å². The van der Waals surface area contributed by atoms with Gasteiger partial charge in [-0.15, -0.1) is 0 Å². The van der Waals surface area contributed by atoms with Gasteiger partial charge in [0, 0.05) is 21.2 Å². The first-order valence-corrected chi connectivity index (χ1v) is 7.32. The van der Waals surface area contributed by atoms with E-state index in [1.54, 1.807) is 30.3 Å². The van der Waals surface area contributed by atoms with Crippen molar-refractivity contribution >= 4 is 27.4 Å². The SMILES string of the molecule is C/C(O)=c1\c(=O)nc2c(C)ccc3c2=c1c1ccccc1c3=O. The van der Waals surface area contributed by atoms with E-state index >= 15 is 0 Å². The highest BCUT2D eigenvalue weighted by atomic mass is 16.3. The number of benzene rings is 2. The van der Waals surface area contributed by atoms with E-state index in [0.29, 0.717) is 32.1 Å². The zero-order chi connectivity index (χ0) is 16.3. The summed E-state index contributed by atoms with van der Waals surface area (Å²) in [4.78, 5) is 29.4. The van der Waals surface area contributed by atoms with Crippen molar-refractivity contribution in [3.8, 4) is 0 Å². The van der Waals surface area contributed by atoms with Crippen LogP contribution in [0.15, 0.2) is 46.0 Å². The number of nitrogens with zero attached hydrogens (tertiary/aromatic N) is 1. The molecular formula is C19H13NO3. The highest BCUT2D eigenvalue weighted by Crippen LogP contribution is 2.20. The van der Waals surface area contributed by atoms with Gasteiger partial charge in [-0.25, -0.2) is 4.98 Å². The number of aliphatic hydroxyl groups excluding tert-OH is 1. The second-order valence-electron chi connectivity index (χ2n) is 5.78. The summed E-state index contributed by atoms with van der Waals surface area (Å²) in [6, 6.07) is 10.7. The topological polar surface area (TPSA) is 67.3 Å². The van der Waals surface area contributed by atoms with Crippen molar-refractivity contribution in [2.75, 3.05) is 0 Å². The van der Waals surface area contributed by atoms with Crippen LogP contribution in [0, 0.1) is 17.4 Å². The lowest BCUT2D eigenvalue weighted by atomic mass is 9.97. The van der Waals surface area contributed by atoms with Crippen molar-refractivity contribution in [2.24, 2.45) is 0 Å². The second-order valence-corrected chi connectivity index (χ2v) is 5.78. The number of rotatable bonds is 0. The van der Waals surface area contributed by atoms with Crippen molar-refractivity contribution in [3.05, 3.63) is 78.2 Å². The lowest BCUT2D eigenvalue weighted by molar-refractivity contribution is 0.498. The number of fused-ring (bicyclic) bond motifs is 2. The fourth-order valence-corrected chi connectivity index (χ4v) is 3.32. The molecule has 0 amide bonds. The Morgan fingerprint density at radius 3 is 2.35 bits per heavy atom. The van der Waals surface area contributed by atoms with Gasteiger partial charge in [-0.2, -0.15) is 0 Å². The molecule has 1 aliphatic heterocycles. The van der Waals surface area contributed by atoms with Crippen molar-refractivity contribution < 1.29 is 5.11 Å². The number of hydrogen-bond donors (Lipinski definition) is 1. The summed E-state index contributed by atoms with van der Waals surface area (Å²) in [5, 5.41) is 13.2. The molecule has 2 aromatic carbocycles.